The first-order valence-electron chi connectivity index (χ1n) is 7.77. The smallest absolute Gasteiger partial charge is 0.381 e. The highest BCUT2D eigenvalue weighted by molar-refractivity contribution is 5.88. The maximum atomic E-state index is 12.3. The predicted octanol–water partition coefficient (Wildman–Crippen LogP) is 1.64. The number of ether oxygens (including phenoxy) is 1. The van der Waals surface area contributed by atoms with Gasteiger partial charge in [-0.25, -0.2) is 0 Å². The van der Waals surface area contributed by atoms with E-state index < -0.39 is 12.1 Å². The van der Waals surface area contributed by atoms with Gasteiger partial charge >= 0.3 is 12.1 Å². The topological polar surface area (TPSA) is 58.6 Å². The molecule has 0 saturated carbocycles. The molecule has 2 fully saturated rings. The molecular formula is C15H21F3N2O3. The van der Waals surface area contributed by atoms with Gasteiger partial charge in [-0.05, 0) is 31.6 Å². The summed E-state index contributed by atoms with van der Waals surface area (Å²) in [5.74, 6) is -1.84. The molecule has 0 bridgehead atoms. The van der Waals surface area contributed by atoms with Gasteiger partial charge in [0.1, 0.15) is 0 Å². The van der Waals surface area contributed by atoms with E-state index in [4.69, 9.17) is 4.74 Å². The molecule has 0 aromatic rings. The molecule has 2 aliphatic heterocycles. The minimum Gasteiger partial charge on any atom is -0.381 e. The third-order valence-electron chi connectivity index (χ3n) is 4.18. The van der Waals surface area contributed by atoms with Crippen LogP contribution in [0.15, 0.2) is 11.6 Å². The molecule has 0 aromatic carbocycles. The quantitative estimate of drug-likeness (QED) is 0.798. The Bertz CT molecular complexity index is 461. The van der Waals surface area contributed by atoms with Crippen LogP contribution in [0, 0.1) is 5.92 Å². The second-order valence-electron chi connectivity index (χ2n) is 5.89. The highest BCUT2D eigenvalue weighted by atomic mass is 19.4. The Morgan fingerprint density at radius 3 is 2.39 bits per heavy atom. The molecule has 130 valence electrons. The number of piperidine rings is 1. The molecule has 2 aliphatic rings. The molecule has 1 N–H and O–H groups in total. The molecule has 0 radical (unpaired) electrons. The van der Waals surface area contributed by atoms with E-state index in [9.17, 15) is 22.8 Å². The van der Waals surface area contributed by atoms with Gasteiger partial charge < -0.3 is 15.0 Å². The summed E-state index contributed by atoms with van der Waals surface area (Å²) in [6.07, 6.45) is -0.780. The zero-order valence-electron chi connectivity index (χ0n) is 12.8. The molecule has 5 nitrogen and oxygen atoms in total. The third-order valence-corrected chi connectivity index (χ3v) is 4.18. The molecule has 0 aliphatic carbocycles. The first-order valence-corrected chi connectivity index (χ1v) is 7.77. The second-order valence-corrected chi connectivity index (χ2v) is 5.89. The number of amides is 2. The first kappa shape index (κ1) is 17.8. The summed E-state index contributed by atoms with van der Waals surface area (Å²) in [5, 5.41) is 2.79. The van der Waals surface area contributed by atoms with Crippen LogP contribution >= 0.6 is 0 Å². The third kappa shape index (κ3) is 5.53. The van der Waals surface area contributed by atoms with Crippen LogP contribution in [0.25, 0.3) is 0 Å². The Hall–Kier alpha value is -1.57. The molecule has 0 atom stereocenters. The number of hydrogen-bond acceptors (Lipinski definition) is 3. The van der Waals surface area contributed by atoms with Crippen molar-refractivity contribution in [3.63, 3.8) is 0 Å². The normalized spacial score (nSPS) is 20.3. The van der Waals surface area contributed by atoms with Crippen molar-refractivity contribution in [3.8, 4) is 0 Å². The van der Waals surface area contributed by atoms with Crippen LogP contribution in [-0.2, 0) is 14.3 Å². The lowest BCUT2D eigenvalue weighted by molar-refractivity contribution is -0.186. The van der Waals surface area contributed by atoms with E-state index in [-0.39, 0.29) is 24.9 Å². The Morgan fingerprint density at radius 1 is 1.22 bits per heavy atom. The number of carbonyl (C=O) groups is 2. The van der Waals surface area contributed by atoms with Gasteiger partial charge in [0.05, 0.1) is 13.2 Å². The summed E-state index contributed by atoms with van der Waals surface area (Å²) in [6.45, 7) is 1.84. The van der Waals surface area contributed by atoms with E-state index >= 15 is 0 Å². The van der Waals surface area contributed by atoms with Crippen LogP contribution in [-0.4, -0.2) is 55.7 Å². The van der Waals surface area contributed by atoms with Gasteiger partial charge in [0.25, 0.3) is 0 Å². The van der Waals surface area contributed by atoms with Crippen LogP contribution < -0.4 is 5.32 Å². The lowest BCUT2D eigenvalue weighted by atomic mass is 9.96. The second kappa shape index (κ2) is 7.81. The van der Waals surface area contributed by atoms with E-state index in [0.717, 1.165) is 23.3 Å². The molecule has 2 rings (SSSR count). The van der Waals surface area contributed by atoms with Crippen LogP contribution in [0.1, 0.15) is 25.7 Å². The van der Waals surface area contributed by atoms with Gasteiger partial charge in [0.2, 0.25) is 5.91 Å². The maximum Gasteiger partial charge on any atom is 0.471 e. The standard InChI is InChI=1S/C15H21F3N2O3/c16-15(17,18)14(22)20-5-1-12(2-6-20)10-19-13(21)9-11-3-7-23-8-4-11/h9,12H,1-8,10H2,(H,19,21). The number of rotatable bonds is 3. The van der Waals surface area contributed by atoms with E-state index in [1.807, 2.05) is 0 Å². The molecule has 2 heterocycles. The van der Waals surface area contributed by atoms with Crippen molar-refractivity contribution in [2.75, 3.05) is 32.8 Å². The van der Waals surface area contributed by atoms with Crippen molar-refractivity contribution in [2.45, 2.75) is 31.9 Å². The lowest BCUT2D eigenvalue weighted by Gasteiger charge is -2.32. The van der Waals surface area contributed by atoms with Gasteiger partial charge in [-0.2, -0.15) is 13.2 Å². The fourth-order valence-electron chi connectivity index (χ4n) is 2.78. The van der Waals surface area contributed by atoms with Gasteiger partial charge in [-0.15, -0.1) is 0 Å². The minimum atomic E-state index is -4.81. The van der Waals surface area contributed by atoms with E-state index in [2.05, 4.69) is 5.32 Å². The summed E-state index contributed by atoms with van der Waals surface area (Å²) >= 11 is 0. The number of halogens is 3. The summed E-state index contributed by atoms with van der Waals surface area (Å²) in [4.78, 5) is 23.8. The van der Waals surface area contributed by atoms with Crippen molar-refractivity contribution >= 4 is 11.8 Å². The molecule has 0 unspecified atom stereocenters. The van der Waals surface area contributed by atoms with Crippen molar-refractivity contribution in [1.29, 1.82) is 0 Å². The Balaban J connectivity index is 1.70. The van der Waals surface area contributed by atoms with Gasteiger partial charge in [-0.1, -0.05) is 5.57 Å². The molecule has 23 heavy (non-hydrogen) atoms. The highest BCUT2D eigenvalue weighted by Gasteiger charge is 2.43. The van der Waals surface area contributed by atoms with Crippen molar-refractivity contribution < 1.29 is 27.5 Å². The Morgan fingerprint density at radius 2 is 1.83 bits per heavy atom. The highest BCUT2D eigenvalue weighted by Crippen LogP contribution is 2.23. The van der Waals surface area contributed by atoms with E-state index in [1.165, 1.54) is 0 Å². The number of nitrogens with zero attached hydrogens (tertiary/aromatic N) is 1. The largest absolute Gasteiger partial charge is 0.471 e. The fourth-order valence-corrected chi connectivity index (χ4v) is 2.78. The van der Waals surface area contributed by atoms with Crippen LogP contribution in [0.5, 0.6) is 0 Å². The average Bonchev–Trinajstić information content (AvgIpc) is 2.53. The Labute approximate surface area is 132 Å². The van der Waals surface area contributed by atoms with Crippen LogP contribution in [0.2, 0.25) is 0 Å². The number of nitrogens with one attached hydrogen (secondary N) is 1. The molecule has 0 spiro atoms. The van der Waals surface area contributed by atoms with Gasteiger partial charge in [0, 0.05) is 25.7 Å². The number of carbonyl (C=O) groups excluding carboxylic acids is 2. The average molecular weight is 334 g/mol. The van der Waals surface area contributed by atoms with Gasteiger partial charge in [0.15, 0.2) is 0 Å². The summed E-state index contributed by atoms with van der Waals surface area (Å²) in [6, 6.07) is 0. The van der Waals surface area contributed by atoms with Gasteiger partial charge in [-0.3, -0.25) is 9.59 Å². The molecule has 2 saturated heterocycles. The molecule has 0 aromatic heterocycles. The van der Waals surface area contributed by atoms with E-state index in [1.54, 1.807) is 6.08 Å². The summed E-state index contributed by atoms with van der Waals surface area (Å²) in [5.41, 5.74) is 1.05. The molecular weight excluding hydrogens is 313 g/mol. The number of alkyl halides is 3. The number of hydrogen-bond donors (Lipinski definition) is 1. The van der Waals surface area contributed by atoms with Crippen LogP contribution in [0.4, 0.5) is 13.2 Å². The monoisotopic (exact) mass is 334 g/mol. The predicted molar refractivity (Wildman–Crippen MR) is 76.5 cm³/mol. The number of likely N-dealkylation sites (tertiary alicyclic amines) is 1. The molecule has 8 heteroatoms. The van der Waals surface area contributed by atoms with Crippen molar-refractivity contribution in [2.24, 2.45) is 5.92 Å². The summed E-state index contributed by atoms with van der Waals surface area (Å²) in [7, 11) is 0. The molecule has 2 amide bonds. The first-order chi connectivity index (χ1) is 10.9. The van der Waals surface area contributed by atoms with Crippen LogP contribution in [0.3, 0.4) is 0 Å². The minimum absolute atomic E-state index is 0.0807. The zero-order valence-corrected chi connectivity index (χ0v) is 12.8. The van der Waals surface area contributed by atoms with Crippen molar-refractivity contribution in [1.82, 2.24) is 10.2 Å². The Kier molecular flexibility index (Phi) is 6.04. The SMILES string of the molecule is O=C(C=C1CCOCC1)NCC1CCN(C(=O)C(F)(F)F)CC1. The van der Waals surface area contributed by atoms with Crippen molar-refractivity contribution in [3.05, 3.63) is 11.6 Å². The lowest BCUT2D eigenvalue weighted by Crippen LogP contribution is -2.46. The fraction of sp³-hybridized carbons (Fsp3) is 0.733. The van der Waals surface area contributed by atoms with E-state index in [0.29, 0.717) is 32.6 Å². The zero-order chi connectivity index (χ0) is 16.9. The maximum absolute atomic E-state index is 12.3. The summed E-state index contributed by atoms with van der Waals surface area (Å²) < 4.78 is 42.2.